The molecule has 3 aromatic carbocycles. The molecular weight excluding hydrogens is 456 g/mol. The molecule has 6 rings (SSSR count). The van der Waals surface area contributed by atoms with E-state index in [1.54, 1.807) is 31.4 Å². The lowest BCUT2D eigenvalue weighted by molar-refractivity contribution is 0.0631. The first-order chi connectivity index (χ1) is 17.6. The summed E-state index contributed by atoms with van der Waals surface area (Å²) in [4.78, 5) is 31.1. The molecular formula is C29H24N2O5. The topological polar surface area (TPSA) is 81.9 Å². The quantitative estimate of drug-likeness (QED) is 0.307. The molecule has 1 saturated carbocycles. The molecule has 4 aromatic rings. The Balaban J connectivity index is 1.16. The highest BCUT2D eigenvalue weighted by atomic mass is 16.5. The van der Waals surface area contributed by atoms with Gasteiger partial charge in [-0.3, -0.25) is 14.5 Å². The minimum absolute atomic E-state index is 0.183. The van der Waals surface area contributed by atoms with Crippen LogP contribution in [0.3, 0.4) is 0 Å². The van der Waals surface area contributed by atoms with E-state index in [0.717, 1.165) is 47.1 Å². The van der Waals surface area contributed by atoms with Crippen molar-refractivity contribution in [1.29, 1.82) is 0 Å². The summed E-state index contributed by atoms with van der Waals surface area (Å²) in [6, 6.07) is 22.2. The van der Waals surface area contributed by atoms with Gasteiger partial charge in [0.1, 0.15) is 23.8 Å². The third kappa shape index (κ3) is 4.02. The summed E-state index contributed by atoms with van der Waals surface area (Å²) in [5.74, 6) is 2.75. The third-order valence-electron chi connectivity index (χ3n) is 6.51. The van der Waals surface area contributed by atoms with Crippen LogP contribution in [0.25, 0.3) is 22.6 Å². The van der Waals surface area contributed by atoms with E-state index in [2.05, 4.69) is 0 Å². The van der Waals surface area contributed by atoms with Crippen LogP contribution in [-0.4, -0.2) is 42.0 Å². The van der Waals surface area contributed by atoms with E-state index >= 15 is 0 Å². The molecule has 180 valence electrons. The Hall–Kier alpha value is -4.39. The first-order valence-electron chi connectivity index (χ1n) is 12.0. The van der Waals surface area contributed by atoms with Gasteiger partial charge in [0.05, 0.1) is 24.8 Å². The zero-order chi connectivity index (χ0) is 24.6. The molecule has 0 unspecified atom stereocenters. The molecule has 0 atom stereocenters. The second-order valence-electron chi connectivity index (χ2n) is 8.91. The fraction of sp³-hybridized carbons (Fsp3) is 0.207. The predicted molar refractivity (Wildman–Crippen MR) is 133 cm³/mol. The van der Waals surface area contributed by atoms with Gasteiger partial charge in [-0.25, -0.2) is 4.98 Å². The van der Waals surface area contributed by atoms with Crippen LogP contribution in [0, 0.1) is 0 Å². The predicted octanol–water partition coefficient (Wildman–Crippen LogP) is 5.57. The van der Waals surface area contributed by atoms with Gasteiger partial charge in [-0.05, 0) is 73.5 Å². The van der Waals surface area contributed by atoms with Crippen LogP contribution in [0.1, 0.15) is 45.4 Å². The Morgan fingerprint density at radius 1 is 0.861 bits per heavy atom. The molecule has 0 radical (unpaired) electrons. The Morgan fingerprint density at radius 3 is 2.08 bits per heavy atom. The van der Waals surface area contributed by atoms with Crippen LogP contribution in [0.2, 0.25) is 0 Å². The van der Waals surface area contributed by atoms with Crippen LogP contribution in [0.15, 0.2) is 77.2 Å². The lowest BCUT2D eigenvalue weighted by atomic mass is 10.1. The third-order valence-corrected chi connectivity index (χ3v) is 6.51. The van der Waals surface area contributed by atoms with E-state index < -0.39 is 0 Å². The van der Waals surface area contributed by atoms with E-state index in [1.807, 2.05) is 48.5 Å². The van der Waals surface area contributed by atoms with Crippen molar-refractivity contribution >= 4 is 11.8 Å². The van der Waals surface area contributed by atoms with Gasteiger partial charge < -0.3 is 13.9 Å². The summed E-state index contributed by atoms with van der Waals surface area (Å²) in [5, 5.41) is 0. The van der Waals surface area contributed by atoms with Gasteiger partial charge in [-0.2, -0.15) is 0 Å². The fourth-order valence-corrected chi connectivity index (χ4v) is 4.38. The van der Waals surface area contributed by atoms with Crippen LogP contribution < -0.4 is 9.47 Å². The van der Waals surface area contributed by atoms with Gasteiger partial charge >= 0.3 is 0 Å². The standard InChI is InChI=1S/C29H24N2O5/c1-34-21-12-8-18(9-13-21)25-26(36-27(30-25)20-6-7-20)19-10-14-22(15-11-19)35-17-16-31-28(32)23-4-2-3-5-24(23)29(31)33/h2-5,8-15,20H,6-7,16-17H2,1H3. The lowest BCUT2D eigenvalue weighted by Gasteiger charge is -2.14. The number of carbonyl (C=O) groups is 2. The number of rotatable bonds is 8. The largest absolute Gasteiger partial charge is 0.497 e. The molecule has 1 fully saturated rings. The van der Waals surface area contributed by atoms with E-state index in [4.69, 9.17) is 18.9 Å². The van der Waals surface area contributed by atoms with Crippen molar-refractivity contribution in [3.05, 3.63) is 89.8 Å². The van der Waals surface area contributed by atoms with Crippen LogP contribution in [0.4, 0.5) is 0 Å². The van der Waals surface area contributed by atoms with Gasteiger partial charge in [0, 0.05) is 17.0 Å². The molecule has 1 aliphatic heterocycles. The minimum atomic E-state index is -0.280. The number of carbonyl (C=O) groups excluding carboxylic acids is 2. The van der Waals surface area contributed by atoms with Crippen molar-refractivity contribution in [2.24, 2.45) is 0 Å². The summed E-state index contributed by atoms with van der Waals surface area (Å²) in [5.41, 5.74) is 3.55. The highest BCUT2D eigenvalue weighted by molar-refractivity contribution is 6.21. The Morgan fingerprint density at radius 2 is 1.47 bits per heavy atom. The number of hydrogen-bond donors (Lipinski definition) is 0. The zero-order valence-corrected chi connectivity index (χ0v) is 19.8. The Labute approximate surface area is 208 Å². The van der Waals surface area contributed by atoms with Crippen molar-refractivity contribution in [3.63, 3.8) is 0 Å². The van der Waals surface area contributed by atoms with Gasteiger partial charge in [0.15, 0.2) is 11.7 Å². The second-order valence-corrected chi connectivity index (χ2v) is 8.91. The van der Waals surface area contributed by atoms with Gasteiger partial charge in [0.2, 0.25) is 0 Å². The first kappa shape index (κ1) is 22.1. The number of nitrogens with zero attached hydrogens (tertiary/aromatic N) is 2. The maximum atomic E-state index is 12.5. The molecule has 2 amide bonds. The zero-order valence-electron chi connectivity index (χ0n) is 19.8. The number of ether oxygens (including phenoxy) is 2. The Bertz CT molecular complexity index is 1400. The average molecular weight is 481 g/mol. The number of oxazole rings is 1. The number of imide groups is 1. The molecule has 0 N–H and O–H groups in total. The van der Waals surface area contributed by atoms with Gasteiger partial charge in [-0.15, -0.1) is 0 Å². The number of benzene rings is 3. The molecule has 7 heteroatoms. The maximum absolute atomic E-state index is 12.5. The van der Waals surface area contributed by atoms with E-state index in [-0.39, 0.29) is 25.0 Å². The average Bonchev–Trinajstić information content (AvgIpc) is 3.64. The van der Waals surface area contributed by atoms with Crippen molar-refractivity contribution in [1.82, 2.24) is 9.88 Å². The fourth-order valence-electron chi connectivity index (χ4n) is 4.38. The molecule has 0 spiro atoms. The Kier molecular flexibility index (Phi) is 5.52. The number of fused-ring (bicyclic) bond motifs is 1. The molecule has 7 nitrogen and oxygen atoms in total. The van der Waals surface area contributed by atoms with Crippen LogP contribution in [-0.2, 0) is 0 Å². The summed E-state index contributed by atoms with van der Waals surface area (Å²) in [6.45, 7) is 0.388. The SMILES string of the molecule is COc1ccc(-c2nc(C3CC3)oc2-c2ccc(OCCN3C(=O)c4ccccc4C3=O)cc2)cc1. The minimum Gasteiger partial charge on any atom is -0.497 e. The lowest BCUT2D eigenvalue weighted by Crippen LogP contribution is -2.33. The second kappa shape index (κ2) is 9.00. The van der Waals surface area contributed by atoms with E-state index in [1.165, 1.54) is 4.90 Å². The summed E-state index contributed by atoms with van der Waals surface area (Å²) >= 11 is 0. The molecule has 36 heavy (non-hydrogen) atoms. The van der Waals surface area contributed by atoms with Crippen LogP contribution >= 0.6 is 0 Å². The summed E-state index contributed by atoms with van der Waals surface area (Å²) < 4.78 is 17.3. The highest BCUT2D eigenvalue weighted by Gasteiger charge is 2.35. The number of hydrogen-bond acceptors (Lipinski definition) is 6. The van der Waals surface area contributed by atoms with Crippen molar-refractivity contribution in [2.75, 3.05) is 20.3 Å². The van der Waals surface area contributed by atoms with Crippen molar-refractivity contribution in [3.8, 4) is 34.1 Å². The van der Waals surface area contributed by atoms with Crippen LogP contribution in [0.5, 0.6) is 11.5 Å². The molecule has 0 saturated heterocycles. The number of methoxy groups -OCH3 is 1. The first-order valence-corrected chi connectivity index (χ1v) is 12.0. The molecule has 2 aliphatic rings. The van der Waals surface area contributed by atoms with Crippen molar-refractivity contribution < 1.29 is 23.5 Å². The van der Waals surface area contributed by atoms with Gasteiger partial charge in [0.25, 0.3) is 11.8 Å². The number of amides is 2. The molecule has 1 aromatic heterocycles. The van der Waals surface area contributed by atoms with Gasteiger partial charge in [-0.1, -0.05) is 12.1 Å². The highest BCUT2D eigenvalue weighted by Crippen LogP contribution is 2.44. The number of aromatic nitrogens is 1. The van der Waals surface area contributed by atoms with E-state index in [0.29, 0.717) is 22.8 Å². The summed E-state index contributed by atoms with van der Waals surface area (Å²) in [6.07, 6.45) is 2.20. The van der Waals surface area contributed by atoms with Crippen molar-refractivity contribution in [2.45, 2.75) is 18.8 Å². The normalized spacial score (nSPS) is 14.8. The molecule has 2 heterocycles. The monoisotopic (exact) mass is 480 g/mol. The maximum Gasteiger partial charge on any atom is 0.261 e. The molecule has 1 aliphatic carbocycles. The smallest absolute Gasteiger partial charge is 0.261 e. The molecule has 0 bridgehead atoms. The summed E-state index contributed by atoms with van der Waals surface area (Å²) in [7, 11) is 1.64. The van der Waals surface area contributed by atoms with E-state index in [9.17, 15) is 9.59 Å².